The second-order valence-corrected chi connectivity index (χ2v) is 9.94. The molecule has 10 heteroatoms. The number of carbonyl (C=O) groups is 1. The van der Waals surface area contributed by atoms with Crippen molar-refractivity contribution >= 4 is 38.1 Å². The van der Waals surface area contributed by atoms with Gasteiger partial charge in [-0.15, -0.1) is 0 Å². The van der Waals surface area contributed by atoms with E-state index in [2.05, 4.69) is 26.5 Å². The Morgan fingerprint density at radius 3 is 2.35 bits per heavy atom. The number of rotatable bonds is 10. The zero-order valence-corrected chi connectivity index (χ0v) is 21.0. The number of nitrogens with one attached hydrogen (secondary N) is 1. The summed E-state index contributed by atoms with van der Waals surface area (Å²) in [7, 11) is -0.921. The van der Waals surface area contributed by atoms with Crippen LogP contribution >= 0.6 is 15.9 Å². The lowest BCUT2D eigenvalue weighted by Gasteiger charge is -2.21. The number of carbonyl (C=O) groups excluding carboxylic acids is 1. The lowest BCUT2D eigenvalue weighted by molar-refractivity contribution is -0.121. The Balaban J connectivity index is 1.79. The SMILES string of the molecule is COc1cccc(/C=N\NC(=O)CN(Cc2ccccc2)S(=O)(=O)c2ccc(Br)cc2)c1OC. The van der Waals surface area contributed by atoms with Gasteiger partial charge in [-0.1, -0.05) is 52.3 Å². The molecule has 1 N–H and O–H groups in total. The van der Waals surface area contributed by atoms with E-state index >= 15 is 0 Å². The highest BCUT2D eigenvalue weighted by molar-refractivity contribution is 9.10. The molecule has 0 atom stereocenters. The van der Waals surface area contributed by atoms with Crippen LogP contribution in [0.2, 0.25) is 0 Å². The van der Waals surface area contributed by atoms with E-state index in [1.54, 1.807) is 42.5 Å². The Bertz CT molecular complexity index is 1250. The molecule has 3 rings (SSSR count). The van der Waals surface area contributed by atoms with Crippen LogP contribution in [-0.4, -0.2) is 45.6 Å². The summed E-state index contributed by atoms with van der Waals surface area (Å²) in [5, 5.41) is 3.96. The first kappa shape index (κ1) is 25.4. The highest BCUT2D eigenvalue weighted by Crippen LogP contribution is 2.29. The van der Waals surface area contributed by atoms with E-state index in [1.807, 2.05) is 18.2 Å². The third-order valence-electron chi connectivity index (χ3n) is 4.80. The highest BCUT2D eigenvalue weighted by atomic mass is 79.9. The number of methoxy groups -OCH3 is 2. The topological polar surface area (TPSA) is 97.3 Å². The normalized spacial score (nSPS) is 11.5. The predicted molar refractivity (Wildman–Crippen MR) is 133 cm³/mol. The molecule has 0 saturated heterocycles. The predicted octanol–water partition coefficient (Wildman–Crippen LogP) is 3.81. The number of nitrogens with zero attached hydrogens (tertiary/aromatic N) is 2. The Morgan fingerprint density at radius 1 is 1.00 bits per heavy atom. The number of hydrazone groups is 1. The molecule has 0 heterocycles. The molecule has 0 spiro atoms. The number of sulfonamides is 1. The van der Waals surface area contributed by atoms with Gasteiger partial charge in [-0.25, -0.2) is 13.8 Å². The second kappa shape index (κ2) is 11.8. The van der Waals surface area contributed by atoms with Gasteiger partial charge in [0.2, 0.25) is 10.0 Å². The number of hydrogen-bond acceptors (Lipinski definition) is 6. The standard InChI is InChI=1S/C24H24BrN3O5S/c1-32-22-10-6-9-19(24(22)33-2)15-26-27-23(29)17-28(16-18-7-4-3-5-8-18)34(30,31)21-13-11-20(25)12-14-21/h3-15H,16-17H2,1-2H3,(H,27,29)/b26-15-. The number of amides is 1. The highest BCUT2D eigenvalue weighted by Gasteiger charge is 2.27. The number of halogens is 1. The van der Waals surface area contributed by atoms with E-state index in [9.17, 15) is 13.2 Å². The van der Waals surface area contributed by atoms with E-state index in [0.29, 0.717) is 17.1 Å². The van der Waals surface area contributed by atoms with Crippen LogP contribution in [0, 0.1) is 0 Å². The summed E-state index contributed by atoms with van der Waals surface area (Å²) in [6.07, 6.45) is 1.41. The largest absolute Gasteiger partial charge is 0.493 e. The molecule has 0 aliphatic rings. The van der Waals surface area contributed by atoms with Gasteiger partial charge in [-0.3, -0.25) is 4.79 Å². The summed E-state index contributed by atoms with van der Waals surface area (Å²) >= 11 is 3.31. The van der Waals surface area contributed by atoms with Crippen molar-refractivity contribution in [3.8, 4) is 11.5 Å². The first-order valence-electron chi connectivity index (χ1n) is 10.2. The van der Waals surface area contributed by atoms with Gasteiger partial charge in [0.05, 0.1) is 31.9 Å². The zero-order valence-electron chi connectivity index (χ0n) is 18.6. The van der Waals surface area contributed by atoms with Gasteiger partial charge in [-0.05, 0) is 42.0 Å². The number of para-hydroxylation sites is 1. The van der Waals surface area contributed by atoms with Crippen LogP contribution in [-0.2, 0) is 21.4 Å². The van der Waals surface area contributed by atoms with Crippen LogP contribution in [0.15, 0.2) is 87.3 Å². The van der Waals surface area contributed by atoms with Crippen molar-refractivity contribution in [2.75, 3.05) is 20.8 Å². The molecule has 0 fully saturated rings. The minimum absolute atomic E-state index is 0.0279. The molecule has 0 radical (unpaired) electrons. The number of benzene rings is 3. The second-order valence-electron chi connectivity index (χ2n) is 7.09. The number of ether oxygens (including phenoxy) is 2. The molecule has 0 aliphatic carbocycles. The lowest BCUT2D eigenvalue weighted by Crippen LogP contribution is -2.39. The summed E-state index contributed by atoms with van der Waals surface area (Å²) in [4.78, 5) is 12.7. The van der Waals surface area contributed by atoms with Gasteiger partial charge in [0.15, 0.2) is 11.5 Å². The van der Waals surface area contributed by atoms with Crippen LogP contribution in [0.25, 0.3) is 0 Å². The summed E-state index contributed by atoms with van der Waals surface area (Å²) in [6, 6.07) is 20.6. The molecule has 3 aromatic rings. The Hall–Kier alpha value is -3.21. The van der Waals surface area contributed by atoms with Crippen molar-refractivity contribution in [2.45, 2.75) is 11.4 Å². The van der Waals surface area contributed by atoms with Crippen LogP contribution in [0.3, 0.4) is 0 Å². The molecule has 8 nitrogen and oxygen atoms in total. The van der Waals surface area contributed by atoms with Gasteiger partial charge in [-0.2, -0.15) is 9.41 Å². The molecule has 3 aromatic carbocycles. The molecule has 34 heavy (non-hydrogen) atoms. The zero-order chi connectivity index (χ0) is 24.6. The average Bonchev–Trinajstić information content (AvgIpc) is 2.84. The monoisotopic (exact) mass is 545 g/mol. The van der Waals surface area contributed by atoms with Gasteiger partial charge in [0.25, 0.3) is 5.91 Å². The van der Waals surface area contributed by atoms with Crippen molar-refractivity contribution in [3.05, 3.63) is 88.4 Å². The Labute approximate surface area is 207 Å². The van der Waals surface area contributed by atoms with Crippen molar-refractivity contribution in [3.63, 3.8) is 0 Å². The van der Waals surface area contributed by atoms with Crippen molar-refractivity contribution in [2.24, 2.45) is 5.10 Å². The maximum Gasteiger partial charge on any atom is 0.255 e. The minimum Gasteiger partial charge on any atom is -0.493 e. The Kier molecular flexibility index (Phi) is 8.80. The van der Waals surface area contributed by atoms with E-state index < -0.39 is 22.5 Å². The number of hydrogen-bond donors (Lipinski definition) is 1. The minimum atomic E-state index is -3.94. The van der Waals surface area contributed by atoms with Gasteiger partial charge < -0.3 is 9.47 Å². The van der Waals surface area contributed by atoms with Crippen molar-refractivity contribution < 1.29 is 22.7 Å². The summed E-state index contributed by atoms with van der Waals surface area (Å²) in [5.74, 6) is 0.397. The van der Waals surface area contributed by atoms with Gasteiger partial charge in [0, 0.05) is 16.6 Å². The molecule has 178 valence electrons. The molecule has 1 amide bonds. The summed E-state index contributed by atoms with van der Waals surface area (Å²) in [6.45, 7) is -0.389. The molecule has 0 bridgehead atoms. The van der Waals surface area contributed by atoms with E-state index in [0.717, 1.165) is 14.3 Å². The van der Waals surface area contributed by atoms with Crippen LogP contribution < -0.4 is 14.9 Å². The average molecular weight is 546 g/mol. The summed E-state index contributed by atoms with van der Waals surface area (Å²) < 4.78 is 39.0. The van der Waals surface area contributed by atoms with Gasteiger partial charge >= 0.3 is 0 Å². The first-order chi connectivity index (χ1) is 16.3. The molecule has 0 saturated carbocycles. The fourth-order valence-electron chi connectivity index (χ4n) is 3.15. The fourth-order valence-corrected chi connectivity index (χ4v) is 4.80. The smallest absolute Gasteiger partial charge is 0.255 e. The van der Waals surface area contributed by atoms with Crippen molar-refractivity contribution in [1.29, 1.82) is 0 Å². The molecule has 0 unspecified atom stereocenters. The quantitative estimate of drug-likeness (QED) is 0.308. The van der Waals surface area contributed by atoms with E-state index in [1.165, 1.54) is 32.6 Å². The summed E-state index contributed by atoms with van der Waals surface area (Å²) in [5.41, 5.74) is 3.73. The van der Waals surface area contributed by atoms with Gasteiger partial charge in [0.1, 0.15) is 0 Å². The maximum absolute atomic E-state index is 13.3. The van der Waals surface area contributed by atoms with Crippen LogP contribution in [0.4, 0.5) is 0 Å². The van der Waals surface area contributed by atoms with Crippen LogP contribution in [0.1, 0.15) is 11.1 Å². The molecule has 0 aliphatic heterocycles. The Morgan fingerprint density at radius 2 is 1.71 bits per heavy atom. The van der Waals surface area contributed by atoms with E-state index in [-0.39, 0.29) is 11.4 Å². The first-order valence-corrected chi connectivity index (χ1v) is 12.4. The molecule has 0 aromatic heterocycles. The van der Waals surface area contributed by atoms with E-state index in [4.69, 9.17) is 9.47 Å². The molecular weight excluding hydrogens is 522 g/mol. The maximum atomic E-state index is 13.3. The third-order valence-corrected chi connectivity index (χ3v) is 7.13. The van der Waals surface area contributed by atoms with Crippen molar-refractivity contribution in [1.82, 2.24) is 9.73 Å². The fraction of sp³-hybridized carbons (Fsp3) is 0.167. The van der Waals surface area contributed by atoms with Crippen LogP contribution in [0.5, 0.6) is 11.5 Å². The lowest BCUT2D eigenvalue weighted by atomic mass is 10.2. The molecular formula is C24H24BrN3O5S. The third kappa shape index (κ3) is 6.43.